The van der Waals surface area contributed by atoms with Crippen molar-refractivity contribution in [2.45, 2.75) is 12.8 Å². The van der Waals surface area contributed by atoms with Gasteiger partial charge < -0.3 is 9.05 Å². The number of rotatable bonds is 9. The Bertz CT molecular complexity index is 686. The molecular weight excluding hydrogens is 324 g/mol. The Morgan fingerprint density at radius 3 is 2.13 bits per heavy atom. The molecule has 0 radical (unpaired) electrons. The van der Waals surface area contributed by atoms with Gasteiger partial charge in [0.1, 0.15) is 11.5 Å². The summed E-state index contributed by atoms with van der Waals surface area (Å²) in [6, 6.07) is 15.8. The maximum Gasteiger partial charge on any atom is 0.249 e. The quantitative estimate of drug-likeness (QED) is 0.403. The van der Waals surface area contributed by atoms with Crippen LogP contribution in [0.3, 0.4) is 0 Å². The van der Waals surface area contributed by atoms with Gasteiger partial charge in [-0.1, -0.05) is 48.6 Å². The van der Waals surface area contributed by atoms with Crippen molar-refractivity contribution in [2.24, 2.45) is 4.52 Å². The number of hydrogen-bond acceptors (Lipinski definition) is 3. The van der Waals surface area contributed by atoms with E-state index in [1.165, 1.54) is 0 Å². The first-order valence-corrected chi connectivity index (χ1v) is 8.83. The van der Waals surface area contributed by atoms with E-state index in [1.807, 2.05) is 60.7 Å². The van der Waals surface area contributed by atoms with Gasteiger partial charge in [0.25, 0.3) is 0 Å². The van der Waals surface area contributed by atoms with Crippen molar-refractivity contribution in [1.82, 2.24) is 0 Å². The summed E-state index contributed by atoms with van der Waals surface area (Å²) in [4.78, 5) is 0. The molecule has 2 rings (SSSR count). The molecule has 0 aliphatic carbocycles. The van der Waals surface area contributed by atoms with Crippen molar-refractivity contribution in [3.05, 3.63) is 85.0 Å². The topological polar surface area (TPSA) is 30.8 Å². The van der Waals surface area contributed by atoms with E-state index in [2.05, 4.69) is 17.7 Å². The van der Waals surface area contributed by atoms with Gasteiger partial charge in [0.05, 0.1) is 0 Å². The lowest BCUT2D eigenvalue weighted by Gasteiger charge is -2.07. The van der Waals surface area contributed by atoms with Gasteiger partial charge in [-0.3, -0.25) is 0 Å². The minimum absolute atomic E-state index is 0.00689. The molecule has 2 aromatic carbocycles. The molecule has 0 aromatic heterocycles. The van der Waals surface area contributed by atoms with Crippen molar-refractivity contribution in [3.8, 4) is 11.5 Å². The zero-order valence-corrected chi connectivity index (χ0v) is 14.7. The Kier molecular flexibility index (Phi) is 7.52. The van der Waals surface area contributed by atoms with Crippen LogP contribution in [0.4, 0.5) is 0 Å². The summed E-state index contributed by atoms with van der Waals surface area (Å²) in [7, 11) is 0.523. The normalized spacial score (nSPS) is 11.0. The molecule has 5 heteroatoms. The molecule has 1 atom stereocenters. The monoisotopic (exact) mass is 343 g/mol. The predicted molar refractivity (Wildman–Crippen MR) is 99.6 cm³/mol. The van der Waals surface area contributed by atoms with Crippen molar-refractivity contribution in [3.63, 3.8) is 0 Å². The van der Waals surface area contributed by atoms with E-state index in [0.29, 0.717) is 8.60 Å². The highest BCUT2D eigenvalue weighted by Gasteiger charge is 2.01. The fourth-order valence-electron chi connectivity index (χ4n) is 2.00. The van der Waals surface area contributed by atoms with Gasteiger partial charge in [0.2, 0.25) is 17.6 Å². The van der Waals surface area contributed by atoms with Crippen LogP contribution < -0.4 is 9.05 Å². The number of para-hydroxylation sites is 2. The molecule has 0 bridgehead atoms. The Labute approximate surface area is 140 Å². The van der Waals surface area contributed by atoms with Gasteiger partial charge in [-0.15, -0.1) is 13.2 Å². The molecule has 2 aromatic rings. The molecule has 0 spiro atoms. The first-order chi connectivity index (χ1) is 11.3. The van der Waals surface area contributed by atoms with Crippen LogP contribution >= 0.6 is 17.6 Å². The highest BCUT2D eigenvalue weighted by Crippen LogP contribution is 2.30. The third-order valence-corrected chi connectivity index (χ3v) is 4.29. The second-order valence-electron chi connectivity index (χ2n) is 4.67. The third kappa shape index (κ3) is 5.63. The summed E-state index contributed by atoms with van der Waals surface area (Å²) >= 11 is 0. The van der Waals surface area contributed by atoms with Gasteiger partial charge >= 0.3 is 0 Å². The van der Waals surface area contributed by atoms with Crippen LogP contribution in [0.25, 0.3) is 0 Å². The van der Waals surface area contributed by atoms with E-state index in [1.54, 1.807) is 0 Å². The van der Waals surface area contributed by atoms with Crippen LogP contribution in [0.2, 0.25) is 0 Å². The van der Waals surface area contributed by atoms with Crippen LogP contribution in [0, 0.1) is 0 Å². The largest absolute Gasteiger partial charge is 0.453 e. The lowest BCUT2D eigenvalue weighted by atomic mass is 10.1. The van der Waals surface area contributed by atoms with E-state index >= 15 is 0 Å². The van der Waals surface area contributed by atoms with Crippen molar-refractivity contribution in [1.29, 1.82) is 0 Å². The average Bonchev–Trinajstić information content (AvgIpc) is 2.58. The lowest BCUT2D eigenvalue weighted by molar-refractivity contribution is 0.618. The zero-order valence-electron chi connectivity index (χ0n) is 12.8. The Morgan fingerprint density at radius 1 is 0.913 bits per heavy atom. The van der Waals surface area contributed by atoms with Gasteiger partial charge in [0.15, 0.2) is 0 Å². The molecule has 23 heavy (non-hydrogen) atoms. The zero-order chi connectivity index (χ0) is 16.3. The Morgan fingerprint density at radius 2 is 1.48 bits per heavy atom. The highest BCUT2D eigenvalue weighted by atomic mass is 31.1. The summed E-state index contributed by atoms with van der Waals surface area (Å²) in [5.74, 6) is 1.67. The standard InChI is InChI=1S/C18H19NO2P2/c1-3-9-15-11-5-7-13-17(15)20-22-19-23-21-18-14-8-6-12-16(18)10-4-2/h3-8,11-14,22H,1-2,9-10H2. The van der Waals surface area contributed by atoms with Crippen LogP contribution in [-0.2, 0) is 12.8 Å². The Balaban J connectivity index is 1.88. The van der Waals surface area contributed by atoms with Crippen LogP contribution in [0.5, 0.6) is 11.5 Å². The molecule has 0 fully saturated rings. The Hall–Kier alpha value is -1.95. The summed E-state index contributed by atoms with van der Waals surface area (Å²) in [6.07, 6.45) is 5.28. The number of benzene rings is 2. The number of nitrogens with zero attached hydrogens (tertiary/aromatic N) is 1. The van der Waals surface area contributed by atoms with E-state index in [4.69, 9.17) is 9.05 Å². The van der Waals surface area contributed by atoms with Crippen LogP contribution in [0.15, 0.2) is 78.4 Å². The second kappa shape index (κ2) is 9.94. The summed E-state index contributed by atoms with van der Waals surface area (Å²) in [6.45, 7) is 7.52. The first-order valence-electron chi connectivity index (χ1n) is 7.21. The fourth-order valence-corrected chi connectivity index (χ4v) is 3.02. The molecule has 0 heterocycles. The van der Waals surface area contributed by atoms with E-state index in [9.17, 15) is 0 Å². The lowest BCUT2D eigenvalue weighted by Crippen LogP contribution is -1.86. The molecule has 0 N–H and O–H groups in total. The minimum atomic E-state index is -0.00689. The van der Waals surface area contributed by atoms with Crippen molar-refractivity contribution < 1.29 is 9.05 Å². The summed E-state index contributed by atoms with van der Waals surface area (Å²) < 4.78 is 15.7. The number of hydrogen-bond donors (Lipinski definition) is 0. The van der Waals surface area contributed by atoms with Gasteiger partial charge in [0, 0.05) is 0 Å². The maximum atomic E-state index is 5.72. The van der Waals surface area contributed by atoms with Gasteiger partial charge in [-0.05, 0) is 36.1 Å². The SMILES string of the molecule is C=CCc1ccccc1OP=NPOc1ccccc1CC=C. The smallest absolute Gasteiger partial charge is 0.249 e. The molecule has 1 unspecified atom stereocenters. The molecule has 0 saturated carbocycles. The molecule has 0 amide bonds. The second-order valence-corrected chi connectivity index (χ2v) is 6.20. The van der Waals surface area contributed by atoms with Crippen LogP contribution in [-0.4, -0.2) is 0 Å². The number of allylic oxidation sites excluding steroid dienone is 2. The summed E-state index contributed by atoms with van der Waals surface area (Å²) in [5, 5.41) is 0. The molecule has 0 aliphatic heterocycles. The van der Waals surface area contributed by atoms with Crippen molar-refractivity contribution >= 4 is 17.6 Å². The fraction of sp³-hybridized carbons (Fsp3) is 0.111. The van der Waals surface area contributed by atoms with E-state index in [0.717, 1.165) is 35.5 Å². The van der Waals surface area contributed by atoms with E-state index < -0.39 is 0 Å². The van der Waals surface area contributed by atoms with Crippen LogP contribution in [0.1, 0.15) is 11.1 Å². The molecule has 0 saturated heterocycles. The van der Waals surface area contributed by atoms with E-state index in [-0.39, 0.29) is 8.96 Å². The predicted octanol–water partition coefficient (Wildman–Crippen LogP) is 6.15. The third-order valence-electron chi connectivity index (χ3n) is 3.05. The molecule has 118 valence electrons. The molecular formula is C18H19NO2P2. The highest BCUT2D eigenvalue weighted by molar-refractivity contribution is 7.39. The summed E-state index contributed by atoms with van der Waals surface area (Å²) in [5.41, 5.74) is 2.21. The average molecular weight is 343 g/mol. The molecule has 3 nitrogen and oxygen atoms in total. The van der Waals surface area contributed by atoms with Crippen molar-refractivity contribution in [2.75, 3.05) is 0 Å². The molecule has 0 aliphatic rings. The first kappa shape index (κ1) is 17.4. The van der Waals surface area contributed by atoms with Gasteiger partial charge in [-0.25, -0.2) is 0 Å². The maximum absolute atomic E-state index is 5.72. The van der Waals surface area contributed by atoms with Gasteiger partial charge in [-0.2, -0.15) is 4.52 Å². The minimum Gasteiger partial charge on any atom is -0.453 e.